The highest BCUT2D eigenvalue weighted by atomic mass is 16.4. The molecule has 9 heteroatoms. The highest BCUT2D eigenvalue weighted by molar-refractivity contribution is 5.91. The number of carbonyl (C=O) groups is 2. The number of nitrogens with zero attached hydrogens (tertiary/aromatic N) is 4. The van der Waals surface area contributed by atoms with Gasteiger partial charge in [0.05, 0.1) is 6.54 Å². The quantitative estimate of drug-likeness (QED) is 0.739. The normalized spacial score (nSPS) is 11.0. The molecular weight excluding hydrogens is 314 g/mol. The van der Waals surface area contributed by atoms with Crippen molar-refractivity contribution in [1.82, 2.24) is 24.9 Å². The topological polar surface area (TPSA) is 123 Å². The summed E-state index contributed by atoms with van der Waals surface area (Å²) < 4.78 is 6.79. The molecule has 0 saturated carbocycles. The van der Waals surface area contributed by atoms with Crippen LogP contribution in [0.5, 0.6) is 0 Å². The smallest absolute Gasteiger partial charge is 0.339 e. The van der Waals surface area contributed by atoms with E-state index in [0.29, 0.717) is 11.5 Å². The van der Waals surface area contributed by atoms with E-state index in [4.69, 9.17) is 9.52 Å². The minimum Gasteiger partial charge on any atom is -0.478 e. The minimum absolute atomic E-state index is 0.0158. The first-order valence-corrected chi connectivity index (χ1v) is 7.17. The van der Waals surface area contributed by atoms with E-state index in [2.05, 4.69) is 20.4 Å². The molecule has 3 aromatic rings. The van der Waals surface area contributed by atoms with E-state index in [1.165, 1.54) is 10.6 Å². The van der Waals surface area contributed by atoms with E-state index >= 15 is 0 Å². The van der Waals surface area contributed by atoms with Gasteiger partial charge < -0.3 is 14.8 Å². The lowest BCUT2D eigenvalue weighted by molar-refractivity contribution is 0.0694. The van der Waals surface area contributed by atoms with Crippen LogP contribution >= 0.6 is 0 Å². The van der Waals surface area contributed by atoms with Crippen LogP contribution in [0.15, 0.2) is 16.5 Å². The summed E-state index contributed by atoms with van der Waals surface area (Å²) in [5, 5.41) is 15.7. The van der Waals surface area contributed by atoms with Gasteiger partial charge in [-0.25, -0.2) is 14.3 Å². The maximum Gasteiger partial charge on any atom is 0.339 e. The van der Waals surface area contributed by atoms with Crippen molar-refractivity contribution in [3.8, 4) is 0 Å². The zero-order valence-corrected chi connectivity index (χ0v) is 13.3. The van der Waals surface area contributed by atoms with E-state index in [-0.39, 0.29) is 23.7 Å². The number of rotatable bonds is 4. The lowest BCUT2D eigenvalue weighted by Crippen LogP contribution is -2.23. The van der Waals surface area contributed by atoms with Crippen molar-refractivity contribution in [2.24, 2.45) is 0 Å². The number of fused-ring (bicyclic) bond motifs is 1. The van der Waals surface area contributed by atoms with Crippen LogP contribution < -0.4 is 5.32 Å². The number of hydrogen-bond donors (Lipinski definition) is 2. The van der Waals surface area contributed by atoms with Crippen molar-refractivity contribution in [2.45, 2.75) is 27.3 Å². The fraction of sp³-hybridized carbons (Fsp3) is 0.267. The predicted molar refractivity (Wildman–Crippen MR) is 81.8 cm³/mol. The third-order valence-electron chi connectivity index (χ3n) is 3.44. The SMILES string of the molecule is Cc1cc(C)n2nc(C(=O)NCc3cc(C(=O)O)c(C)o3)nc2n1. The number of aryl methyl sites for hydroxylation is 3. The first-order valence-electron chi connectivity index (χ1n) is 7.17. The number of aromatic carboxylic acids is 1. The summed E-state index contributed by atoms with van der Waals surface area (Å²) in [4.78, 5) is 31.5. The van der Waals surface area contributed by atoms with Gasteiger partial charge in [-0.3, -0.25) is 4.79 Å². The van der Waals surface area contributed by atoms with Crippen molar-refractivity contribution in [1.29, 1.82) is 0 Å². The Morgan fingerprint density at radius 1 is 1.25 bits per heavy atom. The molecule has 3 aromatic heterocycles. The first kappa shape index (κ1) is 15.7. The van der Waals surface area contributed by atoms with E-state index in [1.807, 2.05) is 19.9 Å². The largest absolute Gasteiger partial charge is 0.478 e. The number of nitrogens with one attached hydrogen (secondary N) is 1. The summed E-state index contributed by atoms with van der Waals surface area (Å²) in [5.74, 6) is -0.617. The molecular formula is C15H15N5O4. The van der Waals surface area contributed by atoms with Crippen molar-refractivity contribution in [2.75, 3.05) is 0 Å². The van der Waals surface area contributed by atoms with Gasteiger partial charge in [-0.05, 0) is 32.9 Å². The average Bonchev–Trinajstić information content (AvgIpc) is 3.08. The third-order valence-corrected chi connectivity index (χ3v) is 3.44. The number of amides is 1. The molecule has 0 bridgehead atoms. The van der Waals surface area contributed by atoms with Crippen LogP contribution in [0.25, 0.3) is 5.78 Å². The van der Waals surface area contributed by atoms with Gasteiger partial charge in [0.15, 0.2) is 0 Å². The summed E-state index contributed by atoms with van der Waals surface area (Å²) >= 11 is 0. The van der Waals surface area contributed by atoms with E-state index in [9.17, 15) is 9.59 Å². The summed E-state index contributed by atoms with van der Waals surface area (Å²) in [6.07, 6.45) is 0. The van der Waals surface area contributed by atoms with Gasteiger partial charge in [-0.15, -0.1) is 5.10 Å². The molecule has 0 spiro atoms. The molecule has 0 fully saturated rings. The minimum atomic E-state index is -1.08. The molecule has 1 amide bonds. The molecule has 3 heterocycles. The van der Waals surface area contributed by atoms with Gasteiger partial charge in [-0.2, -0.15) is 4.98 Å². The Balaban J connectivity index is 1.77. The summed E-state index contributed by atoms with van der Waals surface area (Å²) in [6, 6.07) is 3.21. The fourth-order valence-corrected chi connectivity index (χ4v) is 2.35. The third kappa shape index (κ3) is 2.83. The molecule has 0 aliphatic rings. The number of carbonyl (C=O) groups excluding carboxylic acids is 1. The van der Waals surface area contributed by atoms with Crippen LogP contribution in [0, 0.1) is 20.8 Å². The zero-order chi connectivity index (χ0) is 17.4. The number of hydrogen-bond acceptors (Lipinski definition) is 6. The zero-order valence-electron chi connectivity index (χ0n) is 13.3. The molecule has 2 N–H and O–H groups in total. The molecule has 0 atom stereocenters. The molecule has 0 radical (unpaired) electrons. The van der Waals surface area contributed by atoms with E-state index in [0.717, 1.165) is 11.4 Å². The second-order valence-corrected chi connectivity index (χ2v) is 5.36. The summed E-state index contributed by atoms with van der Waals surface area (Å²) in [5.41, 5.74) is 1.67. The number of furan rings is 1. The van der Waals surface area contributed by atoms with Gasteiger partial charge in [0, 0.05) is 11.4 Å². The molecule has 124 valence electrons. The Labute approximate surface area is 136 Å². The molecule has 9 nitrogen and oxygen atoms in total. The standard InChI is InChI=1S/C15H15N5O4/c1-7-4-8(2)20-15(17-7)18-12(19-20)13(21)16-6-10-5-11(14(22)23)9(3)24-10/h4-5H,6H2,1-3H3,(H,16,21)(H,22,23). The first-order chi connectivity index (χ1) is 11.3. The lowest BCUT2D eigenvalue weighted by Gasteiger charge is -1.99. The maximum atomic E-state index is 12.2. The molecule has 3 rings (SSSR count). The van der Waals surface area contributed by atoms with Crippen molar-refractivity contribution < 1.29 is 19.1 Å². The average molecular weight is 329 g/mol. The Morgan fingerprint density at radius 3 is 2.67 bits per heavy atom. The Morgan fingerprint density at radius 2 is 2.00 bits per heavy atom. The van der Waals surface area contributed by atoms with Crippen LogP contribution in [0.1, 0.15) is 43.9 Å². The van der Waals surface area contributed by atoms with Crippen LogP contribution in [0.3, 0.4) is 0 Å². The van der Waals surface area contributed by atoms with Crippen LogP contribution in [0.2, 0.25) is 0 Å². The van der Waals surface area contributed by atoms with E-state index in [1.54, 1.807) is 6.92 Å². The highest BCUT2D eigenvalue weighted by Crippen LogP contribution is 2.14. The lowest BCUT2D eigenvalue weighted by atomic mass is 10.2. The van der Waals surface area contributed by atoms with Gasteiger partial charge in [-0.1, -0.05) is 0 Å². The van der Waals surface area contributed by atoms with Crippen molar-refractivity contribution in [3.63, 3.8) is 0 Å². The van der Waals surface area contributed by atoms with Gasteiger partial charge in [0.1, 0.15) is 17.1 Å². The molecule has 0 unspecified atom stereocenters. The number of aromatic nitrogens is 4. The second kappa shape index (κ2) is 5.76. The van der Waals surface area contributed by atoms with Crippen molar-refractivity contribution >= 4 is 17.7 Å². The molecule has 0 saturated heterocycles. The fourth-order valence-electron chi connectivity index (χ4n) is 2.35. The molecule has 0 aliphatic heterocycles. The Bertz CT molecular complexity index is 956. The van der Waals surface area contributed by atoms with Gasteiger partial charge >= 0.3 is 5.97 Å². The van der Waals surface area contributed by atoms with Crippen LogP contribution in [0.4, 0.5) is 0 Å². The van der Waals surface area contributed by atoms with Crippen molar-refractivity contribution in [3.05, 3.63) is 46.4 Å². The van der Waals surface area contributed by atoms with Gasteiger partial charge in [0.2, 0.25) is 5.82 Å². The number of carboxylic acid groups (broad SMARTS) is 1. The molecule has 0 aromatic carbocycles. The maximum absolute atomic E-state index is 12.2. The Hall–Kier alpha value is -3.23. The van der Waals surface area contributed by atoms with Crippen LogP contribution in [-0.4, -0.2) is 36.6 Å². The monoisotopic (exact) mass is 329 g/mol. The highest BCUT2D eigenvalue weighted by Gasteiger charge is 2.17. The van der Waals surface area contributed by atoms with Crippen LogP contribution in [-0.2, 0) is 6.54 Å². The molecule has 24 heavy (non-hydrogen) atoms. The predicted octanol–water partition coefficient (Wildman–Crippen LogP) is 1.27. The molecule has 0 aliphatic carbocycles. The van der Waals surface area contributed by atoms with Gasteiger partial charge in [0.25, 0.3) is 11.7 Å². The Kier molecular flexibility index (Phi) is 3.76. The number of carboxylic acids is 1. The van der Waals surface area contributed by atoms with E-state index < -0.39 is 11.9 Å². The summed E-state index contributed by atoms with van der Waals surface area (Å²) in [6.45, 7) is 5.26. The second-order valence-electron chi connectivity index (χ2n) is 5.36. The summed E-state index contributed by atoms with van der Waals surface area (Å²) in [7, 11) is 0.